The van der Waals surface area contributed by atoms with Gasteiger partial charge < -0.3 is 14.9 Å². The Morgan fingerprint density at radius 2 is 1.46 bits per heavy atom. The van der Waals surface area contributed by atoms with Crippen LogP contribution in [0.5, 0.6) is 17.2 Å². The van der Waals surface area contributed by atoms with Crippen molar-refractivity contribution < 1.29 is 19.7 Å². The van der Waals surface area contributed by atoms with Crippen LogP contribution >= 0.6 is 0 Å². The summed E-state index contributed by atoms with van der Waals surface area (Å²) in [5.41, 5.74) is 6.12. The summed E-state index contributed by atoms with van der Waals surface area (Å²) in [7, 11) is 0. The summed E-state index contributed by atoms with van der Waals surface area (Å²) in [5.74, 6) is 0.462. The second-order valence-corrected chi connectivity index (χ2v) is 9.90. The first kappa shape index (κ1) is 23.3. The van der Waals surface area contributed by atoms with Gasteiger partial charge in [-0.15, -0.1) is 0 Å². The SMILES string of the molecule is O=C1c2ccc(O)cc2C(c2ccc(OCCN3CCc4ccccc4C3)cc2)C1c1ccc(O)cc1. The van der Waals surface area contributed by atoms with Gasteiger partial charge >= 0.3 is 0 Å². The lowest BCUT2D eigenvalue weighted by Crippen LogP contribution is -2.33. The van der Waals surface area contributed by atoms with Crippen LogP contribution in [0.1, 0.15) is 50.0 Å². The number of ether oxygens (including phenoxy) is 1. The smallest absolute Gasteiger partial charge is 0.171 e. The molecule has 5 heteroatoms. The number of hydrogen-bond donors (Lipinski definition) is 2. The van der Waals surface area contributed by atoms with Gasteiger partial charge in [0.05, 0.1) is 5.92 Å². The van der Waals surface area contributed by atoms with Crippen LogP contribution in [0, 0.1) is 0 Å². The van der Waals surface area contributed by atoms with Gasteiger partial charge in [-0.2, -0.15) is 0 Å². The third-order valence-electron chi connectivity index (χ3n) is 7.63. The fourth-order valence-electron chi connectivity index (χ4n) is 5.74. The molecular weight excluding hydrogens is 462 g/mol. The summed E-state index contributed by atoms with van der Waals surface area (Å²) < 4.78 is 6.07. The van der Waals surface area contributed by atoms with E-state index in [0.29, 0.717) is 12.2 Å². The Morgan fingerprint density at radius 1 is 0.784 bits per heavy atom. The van der Waals surface area contributed by atoms with Crippen LogP contribution in [0.15, 0.2) is 91.0 Å². The number of hydrogen-bond acceptors (Lipinski definition) is 5. The van der Waals surface area contributed by atoms with Crippen LogP contribution < -0.4 is 4.74 Å². The van der Waals surface area contributed by atoms with E-state index in [0.717, 1.165) is 48.5 Å². The average Bonchev–Trinajstić information content (AvgIpc) is 3.20. The zero-order chi connectivity index (χ0) is 25.4. The van der Waals surface area contributed by atoms with Crippen molar-refractivity contribution in [3.63, 3.8) is 0 Å². The molecule has 0 aromatic heterocycles. The van der Waals surface area contributed by atoms with E-state index in [9.17, 15) is 15.0 Å². The number of ketones is 1. The van der Waals surface area contributed by atoms with E-state index in [1.165, 1.54) is 11.1 Å². The van der Waals surface area contributed by atoms with Crippen LogP contribution in [-0.4, -0.2) is 40.6 Å². The van der Waals surface area contributed by atoms with E-state index in [4.69, 9.17) is 4.74 Å². The number of Topliss-reactive ketones (excluding diaryl/α,β-unsaturated/α-hetero) is 1. The van der Waals surface area contributed by atoms with Gasteiger partial charge in [0.25, 0.3) is 0 Å². The molecule has 2 atom stereocenters. The number of carbonyl (C=O) groups excluding carboxylic acids is 1. The summed E-state index contributed by atoms with van der Waals surface area (Å²) in [5, 5.41) is 19.9. The summed E-state index contributed by atoms with van der Waals surface area (Å²) in [4.78, 5) is 15.9. The summed E-state index contributed by atoms with van der Waals surface area (Å²) in [6.45, 7) is 3.47. The Bertz CT molecular complexity index is 1430. The first-order chi connectivity index (χ1) is 18.1. The standard InChI is InChI=1S/C32H29NO4/c34-25-9-5-23(6-10-25)31-30(29-19-26(35)11-14-28(29)32(31)36)22-7-12-27(13-8-22)37-18-17-33-16-15-21-3-1-2-4-24(21)20-33/h1-14,19,30-31,34-35H,15-18,20H2. The van der Waals surface area contributed by atoms with E-state index in [1.54, 1.807) is 42.5 Å². The molecule has 0 radical (unpaired) electrons. The predicted octanol–water partition coefficient (Wildman–Crippen LogP) is 5.65. The molecule has 186 valence electrons. The minimum atomic E-state index is -0.425. The number of aromatic hydroxyl groups is 2. The molecule has 0 fully saturated rings. The lowest BCUT2D eigenvalue weighted by molar-refractivity contribution is 0.0968. The first-order valence-corrected chi connectivity index (χ1v) is 12.7. The van der Waals surface area contributed by atoms with Crippen molar-refractivity contribution in [3.8, 4) is 17.2 Å². The number of rotatable bonds is 6. The Labute approximate surface area is 216 Å². The average molecular weight is 492 g/mol. The van der Waals surface area contributed by atoms with Crippen molar-refractivity contribution in [1.82, 2.24) is 4.90 Å². The Hall–Kier alpha value is -4.09. The monoisotopic (exact) mass is 491 g/mol. The van der Waals surface area contributed by atoms with E-state index in [1.807, 2.05) is 24.3 Å². The van der Waals surface area contributed by atoms with Gasteiger partial charge in [0, 0.05) is 31.1 Å². The molecule has 5 nitrogen and oxygen atoms in total. The van der Waals surface area contributed by atoms with Gasteiger partial charge in [0.1, 0.15) is 23.9 Å². The van der Waals surface area contributed by atoms with E-state index < -0.39 is 5.92 Å². The molecule has 2 N–H and O–H groups in total. The molecule has 0 saturated carbocycles. The van der Waals surface area contributed by atoms with E-state index >= 15 is 0 Å². The maximum Gasteiger partial charge on any atom is 0.171 e. The number of phenols is 2. The minimum Gasteiger partial charge on any atom is -0.508 e. The summed E-state index contributed by atoms with van der Waals surface area (Å²) in [6.07, 6.45) is 1.07. The van der Waals surface area contributed by atoms with Gasteiger partial charge in [0.2, 0.25) is 0 Å². The molecule has 2 unspecified atom stereocenters. The van der Waals surface area contributed by atoms with Gasteiger partial charge in [-0.25, -0.2) is 0 Å². The van der Waals surface area contributed by atoms with Crippen molar-refractivity contribution in [2.75, 3.05) is 19.7 Å². The number of benzene rings is 4. The second-order valence-electron chi connectivity index (χ2n) is 9.90. The van der Waals surface area contributed by atoms with Gasteiger partial charge in [-0.1, -0.05) is 48.5 Å². The molecule has 4 aromatic carbocycles. The van der Waals surface area contributed by atoms with Crippen molar-refractivity contribution >= 4 is 5.78 Å². The molecule has 1 aliphatic heterocycles. The highest BCUT2D eigenvalue weighted by atomic mass is 16.5. The fraction of sp³-hybridized carbons (Fsp3) is 0.219. The number of nitrogens with zero attached hydrogens (tertiary/aromatic N) is 1. The van der Waals surface area contributed by atoms with Gasteiger partial charge in [-0.05, 0) is 76.7 Å². The zero-order valence-electron chi connectivity index (χ0n) is 20.5. The molecule has 2 aliphatic rings. The fourth-order valence-corrected chi connectivity index (χ4v) is 5.74. The van der Waals surface area contributed by atoms with Crippen molar-refractivity contribution in [2.24, 2.45) is 0 Å². The third kappa shape index (κ3) is 4.58. The zero-order valence-corrected chi connectivity index (χ0v) is 20.5. The maximum atomic E-state index is 13.4. The lowest BCUT2D eigenvalue weighted by atomic mass is 9.81. The van der Waals surface area contributed by atoms with Crippen LogP contribution in [0.25, 0.3) is 0 Å². The molecule has 0 bridgehead atoms. The van der Waals surface area contributed by atoms with Crippen LogP contribution in [0.4, 0.5) is 0 Å². The van der Waals surface area contributed by atoms with E-state index in [2.05, 4.69) is 29.2 Å². The highest BCUT2D eigenvalue weighted by Crippen LogP contribution is 2.49. The van der Waals surface area contributed by atoms with Crippen molar-refractivity contribution in [2.45, 2.75) is 24.8 Å². The molecule has 37 heavy (non-hydrogen) atoms. The normalized spacial score (nSPS) is 18.9. The summed E-state index contributed by atoms with van der Waals surface area (Å²) in [6, 6.07) is 28.3. The number of carbonyl (C=O) groups is 1. The van der Waals surface area contributed by atoms with Crippen molar-refractivity contribution in [3.05, 3.63) is 124 Å². The molecule has 0 saturated heterocycles. The van der Waals surface area contributed by atoms with Gasteiger partial charge in [-0.3, -0.25) is 9.69 Å². The minimum absolute atomic E-state index is 0.0223. The second kappa shape index (κ2) is 9.75. The molecule has 4 aromatic rings. The van der Waals surface area contributed by atoms with Crippen LogP contribution in [-0.2, 0) is 13.0 Å². The molecule has 0 spiro atoms. The van der Waals surface area contributed by atoms with Crippen LogP contribution in [0.2, 0.25) is 0 Å². The first-order valence-electron chi connectivity index (χ1n) is 12.7. The molecular formula is C32H29NO4. The summed E-state index contributed by atoms with van der Waals surface area (Å²) >= 11 is 0. The molecule has 1 heterocycles. The number of fused-ring (bicyclic) bond motifs is 2. The largest absolute Gasteiger partial charge is 0.508 e. The highest BCUT2D eigenvalue weighted by molar-refractivity contribution is 6.07. The quantitative estimate of drug-likeness (QED) is 0.365. The third-order valence-corrected chi connectivity index (χ3v) is 7.63. The number of phenolic OH excluding ortho intramolecular Hbond substituents is 2. The molecule has 0 amide bonds. The lowest BCUT2D eigenvalue weighted by Gasteiger charge is -2.28. The highest BCUT2D eigenvalue weighted by Gasteiger charge is 2.41. The predicted molar refractivity (Wildman–Crippen MR) is 142 cm³/mol. The van der Waals surface area contributed by atoms with E-state index in [-0.39, 0.29) is 23.2 Å². The molecule has 6 rings (SSSR count). The van der Waals surface area contributed by atoms with Gasteiger partial charge in [0.15, 0.2) is 5.78 Å². The Balaban J connectivity index is 1.18. The van der Waals surface area contributed by atoms with Crippen LogP contribution in [0.3, 0.4) is 0 Å². The van der Waals surface area contributed by atoms with Crippen molar-refractivity contribution in [1.29, 1.82) is 0 Å². The maximum absolute atomic E-state index is 13.4. The Kier molecular flexibility index (Phi) is 6.15. The topological polar surface area (TPSA) is 70.0 Å². The molecule has 1 aliphatic carbocycles. The Morgan fingerprint density at radius 3 is 2.24 bits per heavy atom.